The highest BCUT2D eigenvalue weighted by molar-refractivity contribution is 6.02. The van der Waals surface area contributed by atoms with Crippen molar-refractivity contribution >= 4 is 24.2 Å². The van der Waals surface area contributed by atoms with Crippen LogP contribution in [-0.4, -0.2) is 36.8 Å². The Kier molecular flexibility index (Phi) is 3.92. The monoisotopic (exact) mass is 259 g/mol. The van der Waals surface area contributed by atoms with Crippen molar-refractivity contribution in [3.8, 4) is 5.75 Å². The minimum atomic E-state index is -0.507. The van der Waals surface area contributed by atoms with Crippen molar-refractivity contribution < 1.29 is 14.3 Å². The van der Waals surface area contributed by atoms with E-state index in [0.717, 1.165) is 16.3 Å². The molecule has 3 amide bonds. The maximum Gasteiger partial charge on any atom is 0.344 e. The van der Waals surface area contributed by atoms with Gasteiger partial charge in [0.15, 0.2) is 0 Å². The maximum absolute atomic E-state index is 11.2. The predicted molar refractivity (Wildman–Crippen MR) is 70.8 cm³/mol. The van der Waals surface area contributed by atoms with Gasteiger partial charge >= 0.3 is 6.03 Å². The van der Waals surface area contributed by atoms with Crippen LogP contribution in [0.1, 0.15) is 5.56 Å². The van der Waals surface area contributed by atoms with Gasteiger partial charge < -0.3 is 4.74 Å². The quantitative estimate of drug-likeness (QED) is 0.653. The third-order valence-electron chi connectivity index (χ3n) is 2.48. The zero-order valence-electron chi connectivity index (χ0n) is 10.4. The number of hydrazone groups is 1. The minimum absolute atomic E-state index is 0.0438. The first kappa shape index (κ1) is 12.8. The number of methoxy groups -OCH3 is 1. The Morgan fingerprint density at radius 2 is 2.16 bits per heavy atom. The first-order valence-electron chi connectivity index (χ1n) is 5.65. The van der Waals surface area contributed by atoms with Crippen LogP contribution in [0.15, 0.2) is 35.4 Å². The molecule has 0 aromatic heterocycles. The average Bonchev–Trinajstić information content (AvgIpc) is 2.73. The molecule has 1 saturated heterocycles. The average molecular weight is 259 g/mol. The summed E-state index contributed by atoms with van der Waals surface area (Å²) in [7, 11) is 1.60. The van der Waals surface area contributed by atoms with Crippen molar-refractivity contribution in [2.24, 2.45) is 5.10 Å². The highest BCUT2D eigenvalue weighted by atomic mass is 16.5. The molecule has 1 aromatic carbocycles. The summed E-state index contributed by atoms with van der Waals surface area (Å²) in [6.07, 6.45) is 4.93. The lowest BCUT2D eigenvalue weighted by Gasteiger charge is -2.03. The van der Waals surface area contributed by atoms with Gasteiger partial charge in [-0.2, -0.15) is 5.10 Å². The fourth-order valence-corrected chi connectivity index (χ4v) is 1.59. The van der Waals surface area contributed by atoms with E-state index < -0.39 is 6.03 Å². The Bertz CT molecular complexity index is 552. The number of hydrogen-bond acceptors (Lipinski definition) is 4. The molecule has 6 nitrogen and oxygen atoms in total. The zero-order chi connectivity index (χ0) is 13.7. The van der Waals surface area contributed by atoms with Crippen molar-refractivity contribution in [2.45, 2.75) is 0 Å². The Hall–Kier alpha value is -2.63. The second-order valence-corrected chi connectivity index (χ2v) is 3.78. The van der Waals surface area contributed by atoms with Gasteiger partial charge in [0.25, 0.3) is 0 Å². The van der Waals surface area contributed by atoms with E-state index in [-0.39, 0.29) is 12.5 Å². The van der Waals surface area contributed by atoms with E-state index in [1.165, 1.54) is 6.21 Å². The van der Waals surface area contributed by atoms with Crippen LogP contribution >= 0.6 is 0 Å². The molecule has 0 spiro atoms. The Labute approximate surface area is 110 Å². The van der Waals surface area contributed by atoms with Gasteiger partial charge in [-0.1, -0.05) is 18.2 Å². The van der Waals surface area contributed by atoms with E-state index in [1.54, 1.807) is 19.3 Å². The number of ether oxygens (including phenoxy) is 1. The second kappa shape index (κ2) is 5.81. The molecule has 19 heavy (non-hydrogen) atoms. The topological polar surface area (TPSA) is 71.0 Å². The molecule has 1 N–H and O–H groups in total. The SMILES string of the molecule is COc1ccccc1/C=C\C=NN1CC(=O)NC1=O. The molecule has 2 rings (SSSR count). The number of para-hydroxylation sites is 1. The summed E-state index contributed by atoms with van der Waals surface area (Å²) < 4.78 is 5.19. The summed E-state index contributed by atoms with van der Waals surface area (Å²) in [5.41, 5.74) is 0.901. The number of rotatable bonds is 4. The van der Waals surface area contributed by atoms with Crippen molar-refractivity contribution in [1.29, 1.82) is 0 Å². The minimum Gasteiger partial charge on any atom is -0.496 e. The molecule has 6 heteroatoms. The number of carbonyl (C=O) groups is 2. The van der Waals surface area contributed by atoms with Crippen molar-refractivity contribution in [2.75, 3.05) is 13.7 Å². The van der Waals surface area contributed by atoms with Crippen LogP contribution in [0.3, 0.4) is 0 Å². The van der Waals surface area contributed by atoms with Crippen LogP contribution < -0.4 is 10.1 Å². The lowest BCUT2D eigenvalue weighted by molar-refractivity contribution is -0.118. The molecule has 0 bridgehead atoms. The molecule has 1 aliphatic heterocycles. The van der Waals surface area contributed by atoms with Crippen LogP contribution in [0.4, 0.5) is 4.79 Å². The second-order valence-electron chi connectivity index (χ2n) is 3.78. The maximum atomic E-state index is 11.2. The Balaban J connectivity index is 2.00. The molecule has 0 saturated carbocycles. The number of allylic oxidation sites excluding steroid dienone is 1. The number of nitrogens with zero attached hydrogens (tertiary/aromatic N) is 2. The molecule has 0 atom stereocenters. The summed E-state index contributed by atoms with van der Waals surface area (Å²) in [4.78, 5) is 22.1. The van der Waals surface area contributed by atoms with E-state index >= 15 is 0 Å². The third kappa shape index (κ3) is 3.19. The smallest absolute Gasteiger partial charge is 0.344 e. The van der Waals surface area contributed by atoms with Gasteiger partial charge in [-0.25, -0.2) is 9.80 Å². The van der Waals surface area contributed by atoms with Gasteiger partial charge in [0.1, 0.15) is 12.3 Å². The molecule has 1 aliphatic rings. The van der Waals surface area contributed by atoms with Crippen LogP contribution in [0.5, 0.6) is 5.75 Å². The van der Waals surface area contributed by atoms with Crippen LogP contribution in [-0.2, 0) is 4.79 Å². The number of hydrogen-bond donors (Lipinski definition) is 1. The van der Waals surface area contributed by atoms with E-state index in [2.05, 4.69) is 10.4 Å². The number of nitrogens with one attached hydrogen (secondary N) is 1. The zero-order valence-corrected chi connectivity index (χ0v) is 10.4. The predicted octanol–water partition coefficient (Wildman–Crippen LogP) is 1.25. The van der Waals surface area contributed by atoms with E-state index in [9.17, 15) is 9.59 Å². The summed E-state index contributed by atoms with van der Waals surface area (Å²) >= 11 is 0. The number of amides is 3. The number of urea groups is 1. The van der Waals surface area contributed by atoms with Crippen LogP contribution in [0.25, 0.3) is 6.08 Å². The van der Waals surface area contributed by atoms with Crippen molar-refractivity contribution in [3.63, 3.8) is 0 Å². The van der Waals surface area contributed by atoms with Crippen molar-refractivity contribution in [1.82, 2.24) is 10.3 Å². The number of imide groups is 1. The summed E-state index contributed by atoms with van der Waals surface area (Å²) in [5.74, 6) is 0.400. The fourth-order valence-electron chi connectivity index (χ4n) is 1.59. The van der Waals surface area contributed by atoms with Crippen LogP contribution in [0, 0.1) is 0 Å². The largest absolute Gasteiger partial charge is 0.496 e. The standard InChI is InChI=1S/C13H13N3O3/c1-19-11-7-3-2-5-10(11)6-4-8-14-16-9-12(17)15-13(16)18/h2-8H,9H2,1H3,(H,15,17,18)/b6-4-,14-8?. The van der Waals surface area contributed by atoms with Gasteiger partial charge in [0.2, 0.25) is 5.91 Å². The Morgan fingerprint density at radius 3 is 2.84 bits per heavy atom. The number of carbonyl (C=O) groups excluding carboxylic acids is 2. The van der Waals surface area contributed by atoms with Crippen molar-refractivity contribution in [3.05, 3.63) is 35.9 Å². The molecule has 0 aliphatic carbocycles. The molecule has 1 fully saturated rings. The van der Waals surface area contributed by atoms with E-state index in [1.807, 2.05) is 24.3 Å². The highest BCUT2D eigenvalue weighted by Gasteiger charge is 2.25. The first-order valence-corrected chi connectivity index (χ1v) is 5.65. The van der Waals surface area contributed by atoms with Gasteiger partial charge in [0.05, 0.1) is 7.11 Å². The number of benzene rings is 1. The molecule has 0 radical (unpaired) electrons. The molecule has 0 unspecified atom stereocenters. The van der Waals surface area contributed by atoms with Gasteiger partial charge in [0, 0.05) is 11.8 Å². The van der Waals surface area contributed by atoms with E-state index in [0.29, 0.717) is 0 Å². The lowest BCUT2D eigenvalue weighted by atomic mass is 10.2. The lowest BCUT2D eigenvalue weighted by Crippen LogP contribution is -2.23. The third-order valence-corrected chi connectivity index (χ3v) is 2.48. The molecular formula is C13H13N3O3. The summed E-state index contributed by atoms with van der Waals surface area (Å²) in [6, 6.07) is 7.02. The van der Waals surface area contributed by atoms with Gasteiger partial charge in [-0.15, -0.1) is 0 Å². The summed E-state index contributed by atoms with van der Waals surface area (Å²) in [6.45, 7) is -0.0438. The molecule has 1 heterocycles. The molecular weight excluding hydrogens is 246 g/mol. The highest BCUT2D eigenvalue weighted by Crippen LogP contribution is 2.18. The van der Waals surface area contributed by atoms with Gasteiger partial charge in [-0.05, 0) is 18.2 Å². The molecule has 98 valence electrons. The Morgan fingerprint density at radius 1 is 1.37 bits per heavy atom. The summed E-state index contributed by atoms with van der Waals surface area (Å²) in [5, 5.41) is 7.07. The molecule has 1 aromatic rings. The van der Waals surface area contributed by atoms with Gasteiger partial charge in [-0.3, -0.25) is 10.1 Å². The van der Waals surface area contributed by atoms with Crippen LogP contribution in [0.2, 0.25) is 0 Å². The normalized spacial score (nSPS) is 15.5. The van der Waals surface area contributed by atoms with E-state index in [4.69, 9.17) is 4.74 Å². The first-order chi connectivity index (χ1) is 9.20. The fraction of sp³-hybridized carbons (Fsp3) is 0.154.